The number of nitrogen functional groups attached to an aromatic ring is 1. The number of hydrogen-bond donors (Lipinski definition) is 2. The van der Waals surface area contributed by atoms with Gasteiger partial charge in [-0.25, -0.2) is 24.3 Å². The third-order valence-corrected chi connectivity index (χ3v) is 3.42. The van der Waals surface area contributed by atoms with Crippen LogP contribution >= 0.6 is 23.2 Å². The number of halogens is 3. The minimum atomic E-state index is -0.743. The van der Waals surface area contributed by atoms with Crippen molar-refractivity contribution in [2.24, 2.45) is 0 Å². The Morgan fingerprint density at radius 3 is 2.82 bits per heavy atom. The number of aromatic nitrogens is 4. The normalized spacial score (nSPS) is 10.9. The van der Waals surface area contributed by atoms with Gasteiger partial charge in [-0.15, -0.1) is 0 Å². The second-order valence-corrected chi connectivity index (χ2v) is 5.06. The largest absolute Gasteiger partial charge is 0.383 e. The molecule has 112 valence electrons. The molecule has 0 aliphatic carbocycles. The van der Waals surface area contributed by atoms with Crippen molar-refractivity contribution in [3.8, 4) is 0 Å². The van der Waals surface area contributed by atoms with Crippen molar-refractivity contribution in [1.82, 2.24) is 19.9 Å². The monoisotopic (exact) mass is 338 g/mol. The van der Waals surface area contributed by atoms with Crippen LogP contribution in [-0.2, 0) is 6.54 Å². The lowest BCUT2D eigenvalue weighted by Gasteiger charge is -2.10. The summed E-state index contributed by atoms with van der Waals surface area (Å²) in [4.78, 5) is 15.6. The Morgan fingerprint density at radius 2 is 2.05 bits per heavy atom. The molecule has 0 bridgehead atoms. The van der Waals surface area contributed by atoms with Gasteiger partial charge in [0.15, 0.2) is 11.0 Å². The van der Waals surface area contributed by atoms with Gasteiger partial charge >= 0.3 is 0 Å². The molecule has 0 saturated heterocycles. The van der Waals surface area contributed by atoms with Crippen molar-refractivity contribution >= 4 is 45.7 Å². The lowest BCUT2D eigenvalue weighted by Crippen LogP contribution is -2.07. The minimum absolute atomic E-state index is 0.00154. The standard InChI is InChI=1S/C13H9Cl2FN6/c14-10-8(16)9-7(5-19-10)12(22-13(15)21-9)20-4-6-2-1-3-18-11(6)17/h1-3,5H,4H2,(H2,17,18)(H,20,21,22). The van der Waals surface area contributed by atoms with Crippen molar-refractivity contribution < 1.29 is 4.39 Å². The van der Waals surface area contributed by atoms with Gasteiger partial charge in [-0.05, 0) is 17.7 Å². The number of pyridine rings is 2. The number of rotatable bonds is 3. The summed E-state index contributed by atoms with van der Waals surface area (Å²) < 4.78 is 14.0. The van der Waals surface area contributed by atoms with E-state index in [0.717, 1.165) is 5.56 Å². The smallest absolute Gasteiger partial charge is 0.225 e. The zero-order valence-corrected chi connectivity index (χ0v) is 12.5. The van der Waals surface area contributed by atoms with Crippen LogP contribution in [0.4, 0.5) is 16.0 Å². The van der Waals surface area contributed by atoms with Crippen molar-refractivity contribution in [2.45, 2.75) is 6.54 Å². The molecule has 0 fully saturated rings. The molecule has 3 N–H and O–H groups in total. The van der Waals surface area contributed by atoms with Crippen LogP contribution in [0.5, 0.6) is 0 Å². The summed E-state index contributed by atoms with van der Waals surface area (Å²) in [6, 6.07) is 3.58. The van der Waals surface area contributed by atoms with Crippen molar-refractivity contribution in [2.75, 3.05) is 11.1 Å². The summed E-state index contributed by atoms with van der Waals surface area (Å²) in [7, 11) is 0. The topological polar surface area (TPSA) is 89.6 Å². The van der Waals surface area contributed by atoms with Gasteiger partial charge in [-0.2, -0.15) is 0 Å². The summed E-state index contributed by atoms with van der Waals surface area (Å²) in [6.07, 6.45) is 2.98. The molecule has 6 nitrogen and oxygen atoms in total. The van der Waals surface area contributed by atoms with Gasteiger partial charge in [-0.1, -0.05) is 17.7 Å². The van der Waals surface area contributed by atoms with Gasteiger partial charge in [0.05, 0.1) is 5.39 Å². The molecule has 22 heavy (non-hydrogen) atoms. The molecule has 0 saturated carbocycles. The van der Waals surface area contributed by atoms with Crippen LogP contribution in [0.1, 0.15) is 5.56 Å². The van der Waals surface area contributed by atoms with Gasteiger partial charge in [0.25, 0.3) is 0 Å². The van der Waals surface area contributed by atoms with E-state index in [9.17, 15) is 4.39 Å². The molecule has 0 amide bonds. The number of nitrogens with zero attached hydrogens (tertiary/aromatic N) is 4. The average molecular weight is 339 g/mol. The number of fused-ring (bicyclic) bond motifs is 1. The molecular weight excluding hydrogens is 330 g/mol. The highest BCUT2D eigenvalue weighted by atomic mass is 35.5. The summed E-state index contributed by atoms with van der Waals surface area (Å²) in [6.45, 7) is 0.340. The fraction of sp³-hybridized carbons (Fsp3) is 0.0769. The Hall–Kier alpha value is -2.25. The summed E-state index contributed by atoms with van der Waals surface area (Å²) >= 11 is 11.5. The summed E-state index contributed by atoms with van der Waals surface area (Å²) in [5.41, 5.74) is 6.54. The van der Waals surface area contributed by atoms with Crippen molar-refractivity contribution in [3.63, 3.8) is 0 Å². The van der Waals surface area contributed by atoms with E-state index in [1.165, 1.54) is 6.20 Å². The first-order valence-electron chi connectivity index (χ1n) is 6.16. The van der Waals surface area contributed by atoms with E-state index >= 15 is 0 Å². The van der Waals surface area contributed by atoms with Crippen LogP contribution in [0.2, 0.25) is 10.4 Å². The predicted octanol–water partition coefficient (Wildman–Crippen LogP) is 3.06. The maximum absolute atomic E-state index is 14.0. The fourth-order valence-corrected chi connectivity index (χ4v) is 2.23. The lowest BCUT2D eigenvalue weighted by atomic mass is 10.2. The van der Waals surface area contributed by atoms with Crippen molar-refractivity contribution in [3.05, 3.63) is 46.3 Å². The highest BCUT2D eigenvalue weighted by molar-refractivity contribution is 6.30. The van der Waals surface area contributed by atoms with E-state index in [0.29, 0.717) is 23.6 Å². The third-order valence-electron chi connectivity index (χ3n) is 2.99. The maximum atomic E-state index is 14.0. The minimum Gasteiger partial charge on any atom is -0.383 e. The molecule has 0 aromatic carbocycles. The Morgan fingerprint density at radius 1 is 1.23 bits per heavy atom. The molecule has 0 unspecified atom stereocenters. The molecule has 0 atom stereocenters. The number of anilines is 2. The van der Waals surface area contributed by atoms with Gasteiger partial charge in [-0.3, -0.25) is 0 Å². The van der Waals surface area contributed by atoms with Crippen molar-refractivity contribution in [1.29, 1.82) is 0 Å². The SMILES string of the molecule is Nc1ncccc1CNc1nc(Cl)nc2c(F)c(Cl)ncc12. The highest BCUT2D eigenvalue weighted by Gasteiger charge is 2.14. The van der Waals surface area contributed by atoms with E-state index in [1.54, 1.807) is 12.3 Å². The molecule has 9 heteroatoms. The number of nitrogens with two attached hydrogens (primary N) is 1. The van der Waals surface area contributed by atoms with E-state index < -0.39 is 5.82 Å². The molecule has 3 aromatic rings. The fourth-order valence-electron chi connectivity index (χ4n) is 1.92. The lowest BCUT2D eigenvalue weighted by molar-refractivity contribution is 0.631. The number of hydrogen-bond acceptors (Lipinski definition) is 6. The van der Waals surface area contributed by atoms with Gasteiger partial charge in [0, 0.05) is 24.5 Å². The van der Waals surface area contributed by atoms with Crippen LogP contribution in [0.15, 0.2) is 24.5 Å². The summed E-state index contributed by atoms with van der Waals surface area (Å²) in [5.74, 6) is -0.0134. The molecule has 3 rings (SSSR count). The second kappa shape index (κ2) is 5.86. The first-order chi connectivity index (χ1) is 10.6. The zero-order valence-electron chi connectivity index (χ0n) is 11.0. The molecule has 0 spiro atoms. The van der Waals surface area contributed by atoms with Gasteiger partial charge < -0.3 is 11.1 Å². The first-order valence-corrected chi connectivity index (χ1v) is 6.92. The van der Waals surface area contributed by atoms with Crippen LogP contribution in [0.3, 0.4) is 0 Å². The number of nitrogens with one attached hydrogen (secondary N) is 1. The quantitative estimate of drug-likeness (QED) is 0.563. The van der Waals surface area contributed by atoms with E-state index in [-0.39, 0.29) is 16.0 Å². The third kappa shape index (κ3) is 2.72. The van der Waals surface area contributed by atoms with Gasteiger partial charge in [0.1, 0.15) is 17.2 Å². The van der Waals surface area contributed by atoms with E-state index in [2.05, 4.69) is 25.3 Å². The van der Waals surface area contributed by atoms with E-state index in [1.807, 2.05) is 6.07 Å². The van der Waals surface area contributed by atoms with Gasteiger partial charge in [0.2, 0.25) is 5.28 Å². The predicted molar refractivity (Wildman–Crippen MR) is 83.3 cm³/mol. The Bertz CT molecular complexity index is 857. The Balaban J connectivity index is 2.00. The Kier molecular flexibility index (Phi) is 3.91. The molecule has 0 aliphatic rings. The van der Waals surface area contributed by atoms with E-state index in [4.69, 9.17) is 28.9 Å². The molecule has 3 aromatic heterocycles. The first kappa shape index (κ1) is 14.7. The highest BCUT2D eigenvalue weighted by Crippen LogP contribution is 2.27. The molecule has 0 radical (unpaired) electrons. The van der Waals surface area contributed by atoms with Crippen LogP contribution in [0, 0.1) is 5.82 Å². The van der Waals surface area contributed by atoms with Crippen LogP contribution in [0.25, 0.3) is 10.9 Å². The van der Waals surface area contributed by atoms with Crippen LogP contribution in [-0.4, -0.2) is 19.9 Å². The second-order valence-electron chi connectivity index (χ2n) is 4.37. The average Bonchev–Trinajstić information content (AvgIpc) is 2.50. The molecule has 0 aliphatic heterocycles. The van der Waals surface area contributed by atoms with Crippen LogP contribution < -0.4 is 11.1 Å². The Labute approximate surface area is 134 Å². The maximum Gasteiger partial charge on any atom is 0.225 e. The molecular formula is C13H9Cl2FN6. The zero-order chi connectivity index (χ0) is 15.7. The molecule has 3 heterocycles. The summed E-state index contributed by atoms with van der Waals surface area (Å²) in [5, 5.41) is 3.02.